The predicted octanol–water partition coefficient (Wildman–Crippen LogP) is 2.86. The Balaban J connectivity index is 2.64. The van der Waals surface area contributed by atoms with Gasteiger partial charge in [-0.15, -0.1) is 0 Å². The van der Waals surface area contributed by atoms with Gasteiger partial charge in [0.15, 0.2) is 0 Å². The zero-order chi connectivity index (χ0) is 11.7. The van der Waals surface area contributed by atoms with E-state index in [1.165, 1.54) is 11.6 Å². The minimum Gasteiger partial charge on any atom is -0.493 e. The molecule has 0 radical (unpaired) electrons. The van der Waals surface area contributed by atoms with Gasteiger partial charge in [0.1, 0.15) is 5.75 Å². The van der Waals surface area contributed by atoms with Crippen molar-refractivity contribution in [3.05, 3.63) is 22.8 Å². The second-order valence-corrected chi connectivity index (χ2v) is 4.20. The molecular weight excluding hydrogens is 272 g/mol. The lowest BCUT2D eigenvalue weighted by Gasteiger charge is -2.06. The Morgan fingerprint density at radius 2 is 2.31 bits per heavy atom. The summed E-state index contributed by atoms with van der Waals surface area (Å²) in [5, 5.41) is 4.94. The number of rotatable bonds is 2. The topological polar surface area (TPSA) is 44.1 Å². The number of fused-ring (bicyclic) bond motifs is 1. The van der Waals surface area contributed by atoms with Crippen molar-refractivity contribution in [3.63, 3.8) is 0 Å². The maximum atomic E-state index is 11.3. The summed E-state index contributed by atoms with van der Waals surface area (Å²) in [5.74, 6) is 0.609. The highest BCUT2D eigenvalue weighted by molar-refractivity contribution is 9.10. The van der Waals surface area contributed by atoms with Gasteiger partial charge in [0.25, 0.3) is 0 Å². The summed E-state index contributed by atoms with van der Waals surface area (Å²) < 4.78 is 7.68. The SMILES string of the molecule is CCOc1cc2c(cnn2C(C)=O)cc1Br. The maximum Gasteiger partial charge on any atom is 0.244 e. The first-order valence-corrected chi connectivity index (χ1v) is 5.73. The van der Waals surface area contributed by atoms with E-state index in [0.29, 0.717) is 6.61 Å². The Labute approximate surface area is 101 Å². The molecule has 1 heterocycles. The van der Waals surface area contributed by atoms with Crippen molar-refractivity contribution in [2.24, 2.45) is 0 Å². The van der Waals surface area contributed by atoms with E-state index in [1.807, 2.05) is 19.1 Å². The van der Waals surface area contributed by atoms with Crippen molar-refractivity contribution in [1.29, 1.82) is 0 Å². The quantitative estimate of drug-likeness (QED) is 0.851. The van der Waals surface area contributed by atoms with Crippen LogP contribution < -0.4 is 4.74 Å². The molecule has 0 saturated carbocycles. The van der Waals surface area contributed by atoms with Crippen LogP contribution in [0.2, 0.25) is 0 Å². The molecule has 0 amide bonds. The highest BCUT2D eigenvalue weighted by atomic mass is 79.9. The van der Waals surface area contributed by atoms with E-state index in [0.717, 1.165) is 21.1 Å². The number of carbonyl (C=O) groups excluding carboxylic acids is 1. The summed E-state index contributed by atoms with van der Waals surface area (Å²) in [4.78, 5) is 11.3. The number of benzene rings is 1. The Morgan fingerprint density at radius 1 is 1.56 bits per heavy atom. The number of nitrogens with zero attached hydrogens (tertiary/aromatic N) is 2. The molecule has 5 heteroatoms. The smallest absolute Gasteiger partial charge is 0.244 e. The van der Waals surface area contributed by atoms with Crippen LogP contribution in [0.4, 0.5) is 0 Å². The van der Waals surface area contributed by atoms with Crippen LogP contribution in [0, 0.1) is 0 Å². The molecule has 84 valence electrons. The van der Waals surface area contributed by atoms with Crippen LogP contribution in [-0.2, 0) is 0 Å². The van der Waals surface area contributed by atoms with Gasteiger partial charge in [0.2, 0.25) is 5.91 Å². The third-order valence-electron chi connectivity index (χ3n) is 2.22. The van der Waals surface area contributed by atoms with Gasteiger partial charge in [0.05, 0.1) is 22.8 Å². The van der Waals surface area contributed by atoms with Gasteiger partial charge in [-0.2, -0.15) is 5.10 Å². The molecule has 4 nitrogen and oxygen atoms in total. The summed E-state index contributed by atoms with van der Waals surface area (Å²) in [7, 11) is 0. The molecule has 0 unspecified atom stereocenters. The molecule has 0 N–H and O–H groups in total. The zero-order valence-electron chi connectivity index (χ0n) is 9.03. The van der Waals surface area contributed by atoms with Gasteiger partial charge in [-0.05, 0) is 28.9 Å². The predicted molar refractivity (Wildman–Crippen MR) is 64.9 cm³/mol. The Kier molecular flexibility index (Phi) is 2.96. The highest BCUT2D eigenvalue weighted by Crippen LogP contribution is 2.30. The second kappa shape index (κ2) is 4.25. The number of aromatic nitrogens is 2. The van der Waals surface area contributed by atoms with Crippen molar-refractivity contribution >= 4 is 32.7 Å². The van der Waals surface area contributed by atoms with Crippen molar-refractivity contribution < 1.29 is 9.53 Å². The second-order valence-electron chi connectivity index (χ2n) is 3.35. The first-order valence-electron chi connectivity index (χ1n) is 4.94. The summed E-state index contributed by atoms with van der Waals surface area (Å²) in [6.45, 7) is 3.98. The van der Waals surface area contributed by atoms with Crippen LogP contribution in [0.5, 0.6) is 5.75 Å². The summed E-state index contributed by atoms with van der Waals surface area (Å²) in [6.07, 6.45) is 1.66. The third-order valence-corrected chi connectivity index (χ3v) is 2.84. The average Bonchev–Trinajstić information content (AvgIpc) is 2.61. The molecule has 2 rings (SSSR count). The van der Waals surface area contributed by atoms with Gasteiger partial charge >= 0.3 is 0 Å². The summed E-state index contributed by atoms with van der Waals surface area (Å²) in [5.41, 5.74) is 0.763. The van der Waals surface area contributed by atoms with E-state index in [1.54, 1.807) is 6.20 Å². The first kappa shape index (κ1) is 11.1. The molecule has 0 saturated heterocycles. The lowest BCUT2D eigenvalue weighted by molar-refractivity contribution is 0.0927. The Hall–Kier alpha value is -1.36. The molecule has 0 fully saturated rings. The molecule has 1 aromatic carbocycles. The summed E-state index contributed by atoms with van der Waals surface area (Å²) in [6, 6.07) is 3.71. The number of hydrogen-bond acceptors (Lipinski definition) is 3. The number of halogens is 1. The molecule has 1 aromatic heterocycles. The Morgan fingerprint density at radius 3 is 2.94 bits per heavy atom. The molecule has 0 bridgehead atoms. The van der Waals surface area contributed by atoms with Gasteiger partial charge in [0, 0.05) is 18.4 Å². The Bertz CT molecular complexity index is 548. The van der Waals surface area contributed by atoms with Crippen molar-refractivity contribution in [3.8, 4) is 5.75 Å². The van der Waals surface area contributed by atoms with E-state index >= 15 is 0 Å². The van der Waals surface area contributed by atoms with E-state index in [9.17, 15) is 4.79 Å². The van der Waals surface area contributed by atoms with Crippen LogP contribution >= 0.6 is 15.9 Å². The fourth-order valence-corrected chi connectivity index (χ4v) is 2.02. The van der Waals surface area contributed by atoms with Crippen molar-refractivity contribution in [1.82, 2.24) is 9.78 Å². The number of hydrogen-bond donors (Lipinski definition) is 0. The molecule has 0 atom stereocenters. The molecule has 0 aliphatic carbocycles. The average molecular weight is 283 g/mol. The van der Waals surface area contributed by atoms with Crippen LogP contribution in [0.1, 0.15) is 18.6 Å². The minimum absolute atomic E-state index is 0.111. The van der Waals surface area contributed by atoms with Crippen LogP contribution in [0.25, 0.3) is 10.9 Å². The lowest BCUT2D eigenvalue weighted by atomic mass is 10.2. The minimum atomic E-state index is -0.111. The van der Waals surface area contributed by atoms with Crippen LogP contribution in [0.3, 0.4) is 0 Å². The van der Waals surface area contributed by atoms with Gasteiger partial charge in [-0.1, -0.05) is 0 Å². The van der Waals surface area contributed by atoms with E-state index in [-0.39, 0.29) is 5.91 Å². The number of carbonyl (C=O) groups is 1. The fourth-order valence-electron chi connectivity index (χ4n) is 1.54. The van der Waals surface area contributed by atoms with E-state index < -0.39 is 0 Å². The summed E-state index contributed by atoms with van der Waals surface area (Å²) >= 11 is 3.42. The lowest BCUT2D eigenvalue weighted by Crippen LogP contribution is -2.06. The molecule has 16 heavy (non-hydrogen) atoms. The molecule has 0 aliphatic rings. The molecular formula is C11H11BrN2O2. The molecule has 2 aromatic rings. The van der Waals surface area contributed by atoms with Crippen molar-refractivity contribution in [2.75, 3.05) is 6.61 Å². The monoisotopic (exact) mass is 282 g/mol. The standard InChI is InChI=1S/C11H11BrN2O2/c1-3-16-11-5-10-8(4-9(11)12)6-13-14(10)7(2)15/h4-6H,3H2,1-2H3. The van der Waals surface area contributed by atoms with Crippen LogP contribution in [0.15, 0.2) is 22.8 Å². The first-order chi connectivity index (χ1) is 7.63. The van der Waals surface area contributed by atoms with Gasteiger partial charge in [-0.25, -0.2) is 4.68 Å². The molecule has 0 spiro atoms. The van der Waals surface area contributed by atoms with Crippen molar-refractivity contribution in [2.45, 2.75) is 13.8 Å². The third kappa shape index (κ3) is 1.82. The largest absolute Gasteiger partial charge is 0.493 e. The highest BCUT2D eigenvalue weighted by Gasteiger charge is 2.10. The van der Waals surface area contributed by atoms with Gasteiger partial charge in [-0.3, -0.25) is 4.79 Å². The molecule has 0 aliphatic heterocycles. The van der Waals surface area contributed by atoms with E-state index in [2.05, 4.69) is 21.0 Å². The maximum absolute atomic E-state index is 11.3. The fraction of sp³-hybridized carbons (Fsp3) is 0.273. The van der Waals surface area contributed by atoms with Gasteiger partial charge < -0.3 is 4.74 Å². The van der Waals surface area contributed by atoms with E-state index in [4.69, 9.17) is 4.74 Å². The number of ether oxygens (including phenoxy) is 1. The normalized spacial score (nSPS) is 10.7. The zero-order valence-corrected chi connectivity index (χ0v) is 10.6. The van der Waals surface area contributed by atoms with Crippen LogP contribution in [-0.4, -0.2) is 22.3 Å².